The van der Waals surface area contributed by atoms with E-state index in [-0.39, 0.29) is 70.4 Å². The summed E-state index contributed by atoms with van der Waals surface area (Å²) in [5.74, 6) is -32.4. The maximum Gasteiger partial charge on any atom is 0.326 e. The van der Waals surface area contributed by atoms with Crippen LogP contribution < -0.4 is 108 Å². The molecule has 0 aromatic heterocycles. The van der Waals surface area contributed by atoms with Crippen molar-refractivity contribution in [3.05, 3.63) is 0 Å². The summed E-state index contributed by atoms with van der Waals surface area (Å²) in [7, 11) is 0. The van der Waals surface area contributed by atoms with E-state index >= 15 is 0 Å². The van der Waals surface area contributed by atoms with Gasteiger partial charge in [0.25, 0.3) is 0 Å². The van der Waals surface area contributed by atoms with Crippen LogP contribution in [0.4, 0.5) is 0 Å². The summed E-state index contributed by atoms with van der Waals surface area (Å²) in [5.41, 5.74) is 27.5. The summed E-state index contributed by atoms with van der Waals surface area (Å²) < 4.78 is 0. The minimum Gasteiger partial charge on any atom is -0.481 e. The monoisotopic (exact) mass is 1930 g/mol. The fraction of sp³-hybridized carbons (Fsp3) is 0.695. The van der Waals surface area contributed by atoms with Crippen LogP contribution in [0.1, 0.15) is 216 Å². The highest BCUT2D eigenvalue weighted by atomic mass is 16.4. The van der Waals surface area contributed by atoms with Gasteiger partial charge in [0.1, 0.15) is 90.6 Å². The lowest BCUT2D eigenvalue weighted by Crippen LogP contribution is -2.61. The average Bonchev–Trinajstić information content (AvgIpc) is 1.70. The van der Waals surface area contributed by atoms with Gasteiger partial charge >= 0.3 is 35.8 Å². The summed E-state index contributed by atoms with van der Waals surface area (Å²) in [6.45, 7) is 11.6. The number of unbranched alkanes of at least 4 members (excludes halogenated alkanes) is 1. The molecule has 0 saturated carbocycles. The molecule has 0 radical (unpaired) electrons. The van der Waals surface area contributed by atoms with E-state index in [0.717, 1.165) is 4.90 Å². The van der Waals surface area contributed by atoms with Crippen LogP contribution in [0.5, 0.6) is 0 Å². The molecule has 1 aliphatic heterocycles. The van der Waals surface area contributed by atoms with Crippen LogP contribution in [0.25, 0.3) is 0 Å². The summed E-state index contributed by atoms with van der Waals surface area (Å²) in [6.07, 6.45) is -11.8. The number of nitrogens with two attached hydrogens (primary N) is 5. The number of primary amides is 3. The van der Waals surface area contributed by atoms with E-state index in [1.807, 2.05) is 0 Å². The minimum absolute atomic E-state index is 0.0392. The molecular formula is C82H135N21O32. The Bertz CT molecular complexity index is 4170. The van der Waals surface area contributed by atoms with Crippen molar-refractivity contribution < 1.29 is 156 Å². The zero-order valence-electron chi connectivity index (χ0n) is 77.0. The predicted octanol–water partition coefficient (Wildman–Crippen LogP) is -8.65. The quantitative estimate of drug-likeness (QED) is 0.0252. The van der Waals surface area contributed by atoms with Crippen LogP contribution in [-0.4, -0.2) is 312 Å². The molecular weight excluding hydrogens is 1790 g/mol. The summed E-state index contributed by atoms with van der Waals surface area (Å²) in [6, 6.07) is -25.2. The van der Waals surface area contributed by atoms with E-state index in [4.69, 9.17) is 28.7 Å². The summed E-state index contributed by atoms with van der Waals surface area (Å²) >= 11 is 0. The molecule has 760 valence electrons. The largest absolute Gasteiger partial charge is 0.481 e. The number of amides is 19. The van der Waals surface area contributed by atoms with Gasteiger partial charge in [-0.3, -0.25) is 115 Å². The number of carboxylic acid groups (broad SMARTS) is 6. The van der Waals surface area contributed by atoms with Crippen molar-refractivity contribution in [3.8, 4) is 0 Å². The number of carbonyl (C=O) groups is 25. The number of nitrogens with one attached hydrogen (secondary N) is 15. The van der Waals surface area contributed by atoms with E-state index in [9.17, 15) is 156 Å². The fourth-order valence-electron chi connectivity index (χ4n) is 13.4. The normalized spacial score (nSPS) is 15.8. The van der Waals surface area contributed by atoms with Crippen molar-refractivity contribution in [1.82, 2.24) is 84.7 Å². The van der Waals surface area contributed by atoms with E-state index in [1.54, 1.807) is 27.7 Å². The number of hydrogen-bond donors (Lipinski definition) is 27. The molecule has 32 N–H and O–H groups in total. The van der Waals surface area contributed by atoms with Gasteiger partial charge in [0, 0.05) is 57.9 Å². The van der Waals surface area contributed by atoms with E-state index in [0.29, 0.717) is 0 Å². The Hall–Kier alpha value is -13.4. The molecule has 0 spiro atoms. The van der Waals surface area contributed by atoms with Crippen molar-refractivity contribution in [3.63, 3.8) is 0 Å². The lowest BCUT2D eigenvalue weighted by Gasteiger charge is -2.29. The highest BCUT2D eigenvalue weighted by molar-refractivity contribution is 6.02. The number of carboxylic acids is 6. The summed E-state index contributed by atoms with van der Waals surface area (Å²) in [4.78, 5) is 332. The van der Waals surface area contributed by atoms with Crippen LogP contribution in [-0.2, 0) is 120 Å². The smallest absolute Gasteiger partial charge is 0.326 e. The zero-order valence-corrected chi connectivity index (χ0v) is 77.0. The first kappa shape index (κ1) is 120. The van der Waals surface area contributed by atoms with E-state index in [2.05, 4.69) is 79.8 Å². The minimum atomic E-state index is -1.95. The lowest BCUT2D eigenvalue weighted by atomic mass is 9.96. The zero-order chi connectivity index (χ0) is 103. The number of likely N-dealkylation sites (tertiary alicyclic amines) is 1. The van der Waals surface area contributed by atoms with E-state index < -0.39 is 378 Å². The average molecular weight is 1930 g/mol. The van der Waals surface area contributed by atoms with Crippen molar-refractivity contribution in [2.75, 3.05) is 26.2 Å². The molecule has 1 fully saturated rings. The highest BCUT2D eigenvalue weighted by Crippen LogP contribution is 2.22. The molecule has 53 heteroatoms. The fourth-order valence-corrected chi connectivity index (χ4v) is 13.4. The second-order valence-electron chi connectivity index (χ2n) is 33.8. The maximum absolute atomic E-state index is 14.5. The third kappa shape index (κ3) is 47.2. The first-order valence-electron chi connectivity index (χ1n) is 44.1. The van der Waals surface area contributed by atoms with Gasteiger partial charge in [0.2, 0.25) is 112 Å². The Kier molecular flexibility index (Phi) is 54.4. The van der Waals surface area contributed by atoms with Crippen molar-refractivity contribution in [2.45, 2.75) is 313 Å². The topological polar surface area (TPSA) is 882 Å². The molecule has 19 amide bonds. The number of hydrogen-bond acceptors (Lipinski definition) is 28. The molecule has 0 aromatic carbocycles. The standard InChI is InChI=1S/C82H135N21O32/c1-10-41(8)67(80(132)97-48(21-29-62(114)115)71(123)94-45(16-24-55(84)105)69(121)92-43(14-11-12-32-83)68(120)93-46(17-25-56(85)106)72(124)100-53(35-39(4)5)76(128)99-51(82(134)135)18-26-57(86)107)102-73(125)44(19-27-60(110)111)90-58(108)37-89-79(131)66(40(6)7)101-74(126)49(22-30-63(116)117)95-70(122)47(20-28-61(112)113)96-75(127)52(34-38(2)3)91-59(109)36-88-77(129)54-15-13-33-103(54)81(133)50(23-31-64(118)119)98-78(130)65(87)42(9)104/h38-54,65-67,104H,10-37,83,87H2,1-9H3,(H2,84,105)(H2,85,106)(H2,86,107)(H,88,129)(H,89,131)(H,90,108)(H,91,109)(H,92,121)(H,93,120)(H,94,123)(H,95,122)(H,96,127)(H,97,132)(H,98,130)(H,99,128)(H,100,124)(H,101,126)(H,102,125)(H,110,111)(H,112,113)(H,114,115)(H,116,117)(H,118,119)(H,134,135)/t41-,42-,43-,44+,45-,46-,47+,48+,49-,50+,51-,52+,53-,54-,65-,66-,67+/m0/s1. The number of rotatable bonds is 68. The molecule has 1 heterocycles. The summed E-state index contributed by atoms with van der Waals surface area (Å²) in [5, 5.41) is 103. The first-order chi connectivity index (χ1) is 63.0. The van der Waals surface area contributed by atoms with E-state index in [1.165, 1.54) is 34.6 Å². The van der Waals surface area contributed by atoms with Crippen molar-refractivity contribution in [2.24, 2.45) is 52.3 Å². The number of aliphatic hydroxyl groups excluding tert-OH is 1. The molecule has 1 rings (SSSR count). The van der Waals surface area contributed by atoms with Gasteiger partial charge in [0.05, 0.1) is 19.2 Å². The lowest BCUT2D eigenvalue weighted by molar-refractivity contribution is -0.143. The van der Waals surface area contributed by atoms with Gasteiger partial charge in [-0.15, -0.1) is 0 Å². The van der Waals surface area contributed by atoms with Gasteiger partial charge in [-0.2, -0.15) is 0 Å². The second kappa shape index (κ2) is 61.4. The highest BCUT2D eigenvalue weighted by Gasteiger charge is 2.42. The Morgan fingerprint density at radius 2 is 0.652 bits per heavy atom. The first-order valence-corrected chi connectivity index (χ1v) is 44.1. The Labute approximate surface area is 777 Å². The van der Waals surface area contributed by atoms with Crippen LogP contribution >= 0.6 is 0 Å². The molecule has 0 aromatic rings. The maximum atomic E-state index is 14.5. The Morgan fingerprint density at radius 3 is 1.01 bits per heavy atom. The predicted molar refractivity (Wildman–Crippen MR) is 469 cm³/mol. The van der Waals surface area contributed by atoms with Crippen molar-refractivity contribution >= 4 is 148 Å². The molecule has 53 nitrogen and oxygen atoms in total. The number of aliphatic hydroxyl groups is 1. The Morgan fingerprint density at radius 1 is 0.348 bits per heavy atom. The molecule has 1 saturated heterocycles. The number of nitrogens with zero attached hydrogens (tertiary/aromatic N) is 1. The van der Waals surface area contributed by atoms with Crippen LogP contribution in [0.2, 0.25) is 0 Å². The molecule has 0 aliphatic carbocycles. The SMILES string of the molecule is CC[C@H](C)[C@@H](NC(=O)[C@@H](CCC(=O)O)NC(=O)CNC(=O)[C@@H](NC(=O)[C@H](CCC(=O)O)NC(=O)[C@@H](CCC(=O)O)NC(=O)[C@@H](CC(C)C)NC(=O)CNC(=O)[C@@H]1CCCN1C(=O)[C@@H](CCC(=O)O)NC(=O)[C@@H](N)[C@H](C)O)C(C)C)C(=O)N[C@H](CCC(=O)O)C(=O)N[C@@H](CCC(N)=O)C(=O)N[C@@H](CCCCN)C(=O)N[C@@H](CCC(N)=O)C(=O)N[C@@H](CC(C)C)C(=O)N[C@@H](CCC(N)=O)C(=O)O. The number of carbonyl (C=O) groups excluding carboxylic acids is 19. The molecule has 0 bridgehead atoms. The van der Waals surface area contributed by atoms with Gasteiger partial charge in [0.15, 0.2) is 0 Å². The van der Waals surface area contributed by atoms with Gasteiger partial charge in [-0.05, 0) is 133 Å². The Balaban J connectivity index is 3.62. The second-order valence-corrected chi connectivity index (χ2v) is 33.8. The van der Waals surface area contributed by atoms with Crippen molar-refractivity contribution in [1.29, 1.82) is 0 Å². The molecule has 135 heavy (non-hydrogen) atoms. The van der Waals surface area contributed by atoms with Gasteiger partial charge in [-0.25, -0.2) is 4.79 Å². The molecule has 17 atom stereocenters. The molecule has 1 aliphatic rings. The third-order valence-corrected chi connectivity index (χ3v) is 21.1. The third-order valence-electron chi connectivity index (χ3n) is 21.1. The van der Waals surface area contributed by atoms with Crippen LogP contribution in [0.15, 0.2) is 0 Å². The number of aliphatic carboxylic acids is 6. The molecule has 0 unspecified atom stereocenters. The van der Waals surface area contributed by atoms with Gasteiger partial charge in [-0.1, -0.05) is 61.8 Å². The van der Waals surface area contributed by atoms with Crippen LogP contribution in [0.3, 0.4) is 0 Å². The van der Waals surface area contributed by atoms with Gasteiger partial charge < -0.3 is 149 Å². The van der Waals surface area contributed by atoms with Crippen LogP contribution in [0, 0.1) is 23.7 Å².